The third kappa shape index (κ3) is 3.28. The zero-order valence-corrected chi connectivity index (χ0v) is 19.8. The van der Waals surface area contributed by atoms with E-state index < -0.39 is 41.5 Å². The number of carbonyl (C=O) groups is 2. The molecule has 2 atom stereocenters. The SMILES string of the molecule is C.CC[C@@]1(O)C(=O)OCc2c1cc1n(c2=O)Cc2c-1nc1cc(F)c(C)c3c1c2[C@@H](NC(=O)CO)CC3. The molecular formula is C27H28FN3O6. The predicted molar refractivity (Wildman–Crippen MR) is 132 cm³/mol. The highest BCUT2D eigenvalue weighted by Gasteiger charge is 2.46. The number of cyclic esters (lactones) is 1. The average molecular weight is 510 g/mol. The second-order valence-corrected chi connectivity index (χ2v) is 9.63. The molecule has 0 bridgehead atoms. The Kier molecular flexibility index (Phi) is 5.72. The Morgan fingerprint density at radius 1 is 1.30 bits per heavy atom. The van der Waals surface area contributed by atoms with Crippen molar-refractivity contribution in [2.45, 2.75) is 65.3 Å². The van der Waals surface area contributed by atoms with Gasteiger partial charge in [-0.2, -0.15) is 0 Å². The van der Waals surface area contributed by atoms with Crippen molar-refractivity contribution in [2.24, 2.45) is 0 Å². The number of hydrogen-bond acceptors (Lipinski definition) is 7. The lowest BCUT2D eigenvalue weighted by Crippen LogP contribution is -2.44. The minimum atomic E-state index is -1.95. The van der Waals surface area contributed by atoms with Crippen LogP contribution in [0.25, 0.3) is 22.3 Å². The van der Waals surface area contributed by atoms with Crippen LogP contribution in [0.2, 0.25) is 0 Å². The Balaban J connectivity index is 0.00000280. The molecule has 3 aliphatic rings. The summed E-state index contributed by atoms with van der Waals surface area (Å²) >= 11 is 0. The summed E-state index contributed by atoms with van der Waals surface area (Å²) in [5.41, 5.74) is 2.09. The van der Waals surface area contributed by atoms with Crippen LogP contribution in [0.5, 0.6) is 0 Å². The first-order valence-electron chi connectivity index (χ1n) is 11.9. The van der Waals surface area contributed by atoms with E-state index in [2.05, 4.69) is 5.32 Å². The van der Waals surface area contributed by atoms with Gasteiger partial charge in [-0.15, -0.1) is 0 Å². The molecular weight excluding hydrogens is 481 g/mol. The van der Waals surface area contributed by atoms with Gasteiger partial charge in [0.25, 0.3) is 5.56 Å². The number of carbonyl (C=O) groups excluding carboxylic acids is 2. The van der Waals surface area contributed by atoms with Gasteiger partial charge in [0.2, 0.25) is 5.91 Å². The zero-order chi connectivity index (χ0) is 25.5. The summed E-state index contributed by atoms with van der Waals surface area (Å²) in [5.74, 6) is -1.74. The number of fused-ring (bicyclic) bond motifs is 5. The lowest BCUT2D eigenvalue weighted by molar-refractivity contribution is -0.172. The maximum Gasteiger partial charge on any atom is 0.343 e. The maximum atomic E-state index is 14.9. The molecule has 1 aliphatic carbocycles. The number of pyridine rings is 2. The number of esters is 1. The normalized spacial score (nSPS) is 21.0. The number of ether oxygens (including phenoxy) is 1. The van der Waals surface area contributed by atoms with Crippen LogP contribution >= 0.6 is 0 Å². The number of aryl methyl sites for hydroxylation is 1. The number of aromatic nitrogens is 2. The minimum absolute atomic E-state index is 0. The van der Waals surface area contributed by atoms with Crippen LogP contribution in [0.1, 0.15) is 66.6 Å². The lowest BCUT2D eigenvalue weighted by Gasteiger charge is -2.31. The number of nitrogens with zero attached hydrogens (tertiary/aromatic N) is 2. The van der Waals surface area contributed by atoms with Crippen molar-refractivity contribution in [1.29, 1.82) is 0 Å². The van der Waals surface area contributed by atoms with Crippen LogP contribution < -0.4 is 10.9 Å². The van der Waals surface area contributed by atoms with E-state index >= 15 is 0 Å². The molecule has 3 aromatic rings. The van der Waals surface area contributed by atoms with E-state index in [9.17, 15) is 29.0 Å². The molecule has 3 N–H and O–H groups in total. The van der Waals surface area contributed by atoms with Crippen molar-refractivity contribution >= 4 is 22.8 Å². The van der Waals surface area contributed by atoms with Crippen molar-refractivity contribution < 1.29 is 28.9 Å². The molecule has 0 saturated heterocycles. The summed E-state index contributed by atoms with van der Waals surface area (Å²) < 4.78 is 21.5. The molecule has 0 fully saturated rings. The van der Waals surface area contributed by atoms with Gasteiger partial charge in [-0.25, -0.2) is 14.2 Å². The summed E-state index contributed by atoms with van der Waals surface area (Å²) in [6.45, 7) is 2.60. The summed E-state index contributed by atoms with van der Waals surface area (Å²) in [4.78, 5) is 42.9. The highest BCUT2D eigenvalue weighted by Crippen LogP contribution is 2.45. The Hall–Kier alpha value is -3.63. The fourth-order valence-corrected chi connectivity index (χ4v) is 5.94. The molecule has 2 aliphatic heterocycles. The van der Waals surface area contributed by atoms with Crippen molar-refractivity contribution in [2.75, 3.05) is 6.61 Å². The van der Waals surface area contributed by atoms with Crippen LogP contribution in [0.15, 0.2) is 16.9 Å². The predicted octanol–water partition coefficient (Wildman–Crippen LogP) is 2.26. The molecule has 1 amide bonds. The highest BCUT2D eigenvalue weighted by atomic mass is 19.1. The highest BCUT2D eigenvalue weighted by molar-refractivity contribution is 5.94. The van der Waals surface area contributed by atoms with Crippen molar-refractivity contribution in [3.8, 4) is 11.4 Å². The van der Waals surface area contributed by atoms with E-state index in [4.69, 9.17) is 9.72 Å². The molecule has 0 saturated carbocycles. The average Bonchev–Trinajstić information content (AvgIpc) is 3.24. The van der Waals surface area contributed by atoms with Gasteiger partial charge in [0, 0.05) is 22.6 Å². The lowest BCUT2D eigenvalue weighted by atomic mass is 9.81. The van der Waals surface area contributed by atoms with E-state index in [1.807, 2.05) is 0 Å². The van der Waals surface area contributed by atoms with Gasteiger partial charge in [0.15, 0.2) is 5.60 Å². The van der Waals surface area contributed by atoms with E-state index in [1.54, 1.807) is 19.9 Å². The van der Waals surface area contributed by atoms with Crippen molar-refractivity contribution in [3.63, 3.8) is 0 Å². The monoisotopic (exact) mass is 509 g/mol. The molecule has 0 unspecified atom stereocenters. The molecule has 4 heterocycles. The largest absolute Gasteiger partial charge is 0.458 e. The number of benzene rings is 1. The number of nitrogens with one attached hydrogen (secondary N) is 1. The Morgan fingerprint density at radius 2 is 2.05 bits per heavy atom. The van der Waals surface area contributed by atoms with Crippen LogP contribution in [0.4, 0.5) is 4.39 Å². The number of halogens is 1. The number of aliphatic hydroxyl groups is 2. The first-order chi connectivity index (χ1) is 17.2. The molecule has 6 rings (SSSR count). The second-order valence-electron chi connectivity index (χ2n) is 9.63. The van der Waals surface area contributed by atoms with Crippen LogP contribution in [0, 0.1) is 12.7 Å². The van der Waals surface area contributed by atoms with E-state index in [0.717, 1.165) is 16.5 Å². The molecule has 194 valence electrons. The van der Waals surface area contributed by atoms with Gasteiger partial charge in [-0.05, 0) is 48.9 Å². The van der Waals surface area contributed by atoms with E-state index in [0.29, 0.717) is 40.9 Å². The van der Waals surface area contributed by atoms with E-state index in [1.165, 1.54) is 10.6 Å². The summed E-state index contributed by atoms with van der Waals surface area (Å²) in [5, 5.41) is 24.0. The summed E-state index contributed by atoms with van der Waals surface area (Å²) in [6, 6.07) is 2.50. The molecule has 10 heteroatoms. The molecule has 0 spiro atoms. The molecule has 0 radical (unpaired) electrons. The first-order valence-corrected chi connectivity index (χ1v) is 11.9. The second kappa shape index (κ2) is 8.46. The van der Waals surface area contributed by atoms with Crippen LogP contribution in [0.3, 0.4) is 0 Å². The molecule has 9 nitrogen and oxygen atoms in total. The number of hydrogen-bond donors (Lipinski definition) is 3. The van der Waals surface area contributed by atoms with Gasteiger partial charge >= 0.3 is 5.97 Å². The third-order valence-corrected chi connectivity index (χ3v) is 7.86. The molecule has 37 heavy (non-hydrogen) atoms. The Bertz CT molecular complexity index is 1580. The fraction of sp³-hybridized carbons (Fsp3) is 0.407. The van der Waals surface area contributed by atoms with Crippen LogP contribution in [-0.2, 0) is 39.5 Å². The Morgan fingerprint density at radius 3 is 2.76 bits per heavy atom. The smallest absolute Gasteiger partial charge is 0.343 e. The topological polar surface area (TPSA) is 131 Å². The number of rotatable bonds is 3. The zero-order valence-electron chi connectivity index (χ0n) is 19.8. The molecule has 2 aromatic heterocycles. The fourth-order valence-electron chi connectivity index (χ4n) is 5.94. The van der Waals surface area contributed by atoms with Crippen molar-refractivity contribution in [1.82, 2.24) is 14.9 Å². The van der Waals surface area contributed by atoms with Crippen LogP contribution in [-0.4, -0.2) is 38.2 Å². The number of amides is 1. The quantitative estimate of drug-likeness (QED) is 0.361. The van der Waals surface area contributed by atoms with Gasteiger partial charge < -0.3 is 24.8 Å². The maximum absolute atomic E-state index is 14.9. The summed E-state index contributed by atoms with van der Waals surface area (Å²) in [7, 11) is 0. The number of aliphatic hydroxyl groups excluding tert-OH is 1. The summed E-state index contributed by atoms with van der Waals surface area (Å²) in [6.07, 6.45) is 1.04. The Labute approximate surface area is 211 Å². The first kappa shape index (κ1) is 25.0. The van der Waals surface area contributed by atoms with Gasteiger partial charge in [0.05, 0.1) is 35.1 Å². The minimum Gasteiger partial charge on any atom is -0.458 e. The third-order valence-electron chi connectivity index (χ3n) is 7.86. The van der Waals surface area contributed by atoms with E-state index in [-0.39, 0.29) is 38.1 Å². The van der Waals surface area contributed by atoms with Crippen molar-refractivity contribution in [3.05, 3.63) is 61.7 Å². The molecule has 1 aromatic carbocycles. The van der Waals surface area contributed by atoms with Gasteiger partial charge in [0.1, 0.15) is 19.0 Å². The van der Waals surface area contributed by atoms with Gasteiger partial charge in [-0.1, -0.05) is 14.4 Å². The standard InChI is InChI=1S/C26H24FN3O6.CH4/c1-3-26(35)15-6-19-23-13(8-30(19)24(33)14(15)10-36-25(26)34)22-17(28-20(32)9-31)5-4-12-11(2)16(27)7-18(29-23)21(12)22;/h6-7,17,31,35H,3-5,8-10H2,1-2H3,(H,28,32);1H4/t17-,26-;/m0./s1. The van der Waals surface area contributed by atoms with Gasteiger partial charge in [-0.3, -0.25) is 9.59 Å².